The van der Waals surface area contributed by atoms with Crippen molar-refractivity contribution in [1.82, 2.24) is 4.90 Å². The third-order valence-electron chi connectivity index (χ3n) is 4.80. The zero-order chi connectivity index (χ0) is 11.9. The van der Waals surface area contributed by atoms with E-state index in [1.54, 1.807) is 0 Å². The van der Waals surface area contributed by atoms with Gasteiger partial charge in [-0.25, -0.2) is 0 Å². The predicted molar refractivity (Wildman–Crippen MR) is 48.6 cm³/mol. The molecule has 0 aromatic carbocycles. The first-order valence-corrected chi connectivity index (χ1v) is 6.04. The second kappa shape index (κ2) is 2.15. The smallest absolute Gasteiger partial charge is 0.262 e. The SMILES string of the molecule is OCC12N(C3(CO3)OC13CO3)C1(CO1)OC21CO1. The third-order valence-corrected chi connectivity index (χ3v) is 4.80. The summed E-state index contributed by atoms with van der Waals surface area (Å²) in [5, 5.41) is 10.0. The fourth-order valence-corrected chi connectivity index (χ4v) is 3.78. The number of fused-ring (bicyclic) bond motifs is 5. The van der Waals surface area contributed by atoms with Crippen LogP contribution in [0.3, 0.4) is 0 Å². The average molecular weight is 257 g/mol. The lowest BCUT2D eigenvalue weighted by molar-refractivity contribution is -0.221. The van der Waals surface area contributed by atoms with Gasteiger partial charge in [0.05, 0.1) is 6.61 Å². The monoisotopic (exact) mass is 257 g/mol. The van der Waals surface area contributed by atoms with Gasteiger partial charge in [0.25, 0.3) is 11.8 Å². The Labute approximate surface area is 101 Å². The summed E-state index contributed by atoms with van der Waals surface area (Å²) >= 11 is 0. The molecule has 6 rings (SSSR count). The minimum absolute atomic E-state index is 0.191. The summed E-state index contributed by atoms with van der Waals surface area (Å²) in [4.78, 5) is 1.85. The van der Waals surface area contributed by atoms with E-state index in [2.05, 4.69) is 0 Å². The van der Waals surface area contributed by atoms with Crippen molar-refractivity contribution >= 4 is 0 Å². The van der Waals surface area contributed by atoms with Gasteiger partial charge in [0, 0.05) is 0 Å². The molecule has 6 aliphatic heterocycles. The minimum atomic E-state index is -0.899. The Kier molecular flexibility index (Phi) is 1.14. The zero-order valence-corrected chi connectivity index (χ0v) is 9.38. The highest BCUT2D eigenvalue weighted by molar-refractivity contribution is 5.32. The first-order chi connectivity index (χ1) is 8.67. The number of hydrogen-bond donors (Lipinski definition) is 1. The Hall–Kier alpha value is -0.320. The van der Waals surface area contributed by atoms with Crippen LogP contribution in [0.25, 0.3) is 0 Å². The lowest BCUT2D eigenvalue weighted by atomic mass is 9.87. The van der Waals surface area contributed by atoms with Gasteiger partial charge in [-0.05, 0) is 0 Å². The zero-order valence-electron chi connectivity index (χ0n) is 9.38. The van der Waals surface area contributed by atoms with Crippen molar-refractivity contribution in [2.75, 3.05) is 33.0 Å². The van der Waals surface area contributed by atoms with Gasteiger partial charge in [-0.1, -0.05) is 0 Å². The molecule has 4 spiro atoms. The standard InChI is InChI=1S/C10H11NO7/c12-1-6-7(2-13-7)17-9(4-15-9)11(6)10(5-16-10)18-8(6)3-14-8/h12H,1-5H2. The van der Waals surface area contributed by atoms with Crippen LogP contribution >= 0.6 is 0 Å². The van der Waals surface area contributed by atoms with Gasteiger partial charge < -0.3 is 24.1 Å². The third kappa shape index (κ3) is 0.676. The topological polar surface area (TPSA) is 92.1 Å². The maximum Gasteiger partial charge on any atom is 0.262 e. The molecular weight excluding hydrogens is 246 g/mol. The van der Waals surface area contributed by atoms with Crippen LogP contribution in [0.2, 0.25) is 0 Å². The van der Waals surface area contributed by atoms with Crippen LogP contribution in [-0.2, 0) is 28.4 Å². The summed E-state index contributed by atoms with van der Waals surface area (Å²) in [7, 11) is 0. The minimum Gasteiger partial charge on any atom is -0.394 e. The van der Waals surface area contributed by atoms with Crippen LogP contribution in [-0.4, -0.2) is 72.0 Å². The van der Waals surface area contributed by atoms with Gasteiger partial charge in [-0.15, -0.1) is 0 Å². The van der Waals surface area contributed by atoms with Crippen molar-refractivity contribution in [3.63, 3.8) is 0 Å². The molecule has 6 saturated heterocycles. The number of aliphatic hydroxyl groups excluding tert-OH is 1. The molecule has 0 saturated carbocycles. The normalized spacial score (nSPS) is 70.5. The number of ether oxygens (including phenoxy) is 6. The maximum atomic E-state index is 10.0. The molecule has 0 amide bonds. The molecule has 0 aliphatic carbocycles. The molecule has 4 atom stereocenters. The summed E-state index contributed by atoms with van der Waals surface area (Å²) in [6, 6.07) is 0. The second-order valence-corrected chi connectivity index (χ2v) is 5.64. The predicted octanol–water partition coefficient (Wildman–Crippen LogP) is -2.10. The molecule has 4 unspecified atom stereocenters. The lowest BCUT2D eigenvalue weighted by Gasteiger charge is -2.32. The molecule has 6 heterocycles. The van der Waals surface area contributed by atoms with Crippen LogP contribution in [0.1, 0.15) is 0 Å². The van der Waals surface area contributed by atoms with Crippen molar-refractivity contribution in [2.24, 2.45) is 0 Å². The summed E-state index contributed by atoms with van der Waals surface area (Å²) in [6.45, 7) is 1.46. The van der Waals surface area contributed by atoms with Gasteiger partial charge in [-0.2, -0.15) is 4.90 Å². The number of hydrogen-bond acceptors (Lipinski definition) is 8. The van der Waals surface area contributed by atoms with E-state index in [0.29, 0.717) is 26.4 Å². The van der Waals surface area contributed by atoms with Crippen LogP contribution in [0.15, 0.2) is 0 Å². The second-order valence-electron chi connectivity index (χ2n) is 5.64. The quantitative estimate of drug-likeness (QED) is 0.534. The highest BCUT2D eigenvalue weighted by Crippen LogP contribution is 2.73. The Morgan fingerprint density at radius 1 is 0.833 bits per heavy atom. The van der Waals surface area contributed by atoms with E-state index in [1.165, 1.54) is 0 Å². The van der Waals surface area contributed by atoms with E-state index >= 15 is 0 Å². The van der Waals surface area contributed by atoms with Crippen molar-refractivity contribution in [1.29, 1.82) is 0 Å². The van der Waals surface area contributed by atoms with Crippen molar-refractivity contribution < 1.29 is 33.5 Å². The highest BCUT2D eigenvalue weighted by Gasteiger charge is 2.98. The van der Waals surface area contributed by atoms with Crippen LogP contribution < -0.4 is 0 Å². The summed E-state index contributed by atoms with van der Waals surface area (Å²) in [5.74, 6) is -3.56. The van der Waals surface area contributed by atoms with Gasteiger partial charge in [0.15, 0.2) is 5.54 Å². The molecule has 6 aliphatic rings. The van der Waals surface area contributed by atoms with Crippen LogP contribution in [0.4, 0.5) is 0 Å². The summed E-state index contributed by atoms with van der Waals surface area (Å²) in [5.41, 5.74) is -0.896. The Morgan fingerprint density at radius 3 is 1.56 bits per heavy atom. The number of nitrogens with zero attached hydrogens (tertiary/aromatic N) is 1. The number of epoxide rings is 4. The van der Waals surface area contributed by atoms with E-state index in [9.17, 15) is 5.11 Å². The molecular formula is C10H11NO7. The van der Waals surface area contributed by atoms with Crippen LogP contribution in [0, 0.1) is 0 Å². The van der Waals surface area contributed by atoms with Gasteiger partial charge in [-0.3, -0.25) is 9.47 Å². The molecule has 6 fully saturated rings. The molecule has 18 heavy (non-hydrogen) atoms. The number of aliphatic hydroxyl groups is 1. The van der Waals surface area contributed by atoms with Gasteiger partial charge in [0.2, 0.25) is 11.6 Å². The van der Waals surface area contributed by atoms with Crippen molar-refractivity contribution in [3.05, 3.63) is 0 Å². The van der Waals surface area contributed by atoms with Crippen molar-refractivity contribution in [3.8, 4) is 0 Å². The summed E-state index contributed by atoms with van der Waals surface area (Å²) < 4.78 is 33.9. The van der Waals surface area contributed by atoms with E-state index in [-0.39, 0.29) is 6.61 Å². The molecule has 0 radical (unpaired) electrons. The molecule has 0 aromatic rings. The highest BCUT2D eigenvalue weighted by atomic mass is 17.0. The van der Waals surface area contributed by atoms with Crippen LogP contribution in [0.5, 0.6) is 0 Å². The van der Waals surface area contributed by atoms with E-state index < -0.39 is 28.9 Å². The Morgan fingerprint density at radius 2 is 1.28 bits per heavy atom. The maximum absolute atomic E-state index is 10.0. The van der Waals surface area contributed by atoms with Crippen molar-refractivity contribution in [2.45, 2.75) is 28.9 Å². The van der Waals surface area contributed by atoms with E-state index in [0.717, 1.165) is 0 Å². The Bertz CT molecular complexity index is 439. The van der Waals surface area contributed by atoms with E-state index in [1.807, 2.05) is 4.90 Å². The lowest BCUT2D eigenvalue weighted by Crippen LogP contribution is -2.62. The molecule has 8 heteroatoms. The average Bonchev–Trinajstić information content (AvgIpc) is 3.12. The first kappa shape index (κ1) is 9.56. The summed E-state index contributed by atoms with van der Waals surface area (Å²) in [6.07, 6.45) is 0. The molecule has 0 bridgehead atoms. The fourth-order valence-electron chi connectivity index (χ4n) is 3.78. The largest absolute Gasteiger partial charge is 0.394 e. The molecule has 0 aromatic heterocycles. The molecule has 1 N–H and O–H groups in total. The molecule has 98 valence electrons. The fraction of sp³-hybridized carbons (Fsp3) is 1.00. The van der Waals surface area contributed by atoms with Gasteiger partial charge in [0.1, 0.15) is 26.4 Å². The number of rotatable bonds is 1. The Balaban J connectivity index is 1.64. The van der Waals surface area contributed by atoms with E-state index in [4.69, 9.17) is 28.4 Å². The van der Waals surface area contributed by atoms with Gasteiger partial charge >= 0.3 is 0 Å². The molecule has 8 nitrogen and oxygen atoms in total. The first-order valence-electron chi connectivity index (χ1n) is 6.04.